The lowest BCUT2D eigenvalue weighted by Gasteiger charge is -2.27. The van der Waals surface area contributed by atoms with E-state index < -0.39 is 0 Å². The molecule has 0 amide bonds. The van der Waals surface area contributed by atoms with Crippen LogP contribution >= 0.6 is 0 Å². The van der Waals surface area contributed by atoms with Gasteiger partial charge in [-0.15, -0.1) is 0 Å². The number of H-pyrrole nitrogens is 1. The van der Waals surface area contributed by atoms with Gasteiger partial charge in [0.25, 0.3) is 0 Å². The third-order valence-electron chi connectivity index (χ3n) is 3.36. The van der Waals surface area contributed by atoms with Gasteiger partial charge in [0.2, 0.25) is 5.95 Å². The zero-order valence-electron chi connectivity index (χ0n) is 12.2. The van der Waals surface area contributed by atoms with E-state index in [0.717, 1.165) is 62.6 Å². The molecule has 0 spiro atoms. The van der Waals surface area contributed by atoms with Crippen LogP contribution in [0.5, 0.6) is 0 Å². The monoisotopic (exact) mass is 288 g/mol. The third-order valence-corrected chi connectivity index (χ3v) is 3.36. The van der Waals surface area contributed by atoms with Gasteiger partial charge in [-0.25, -0.2) is 9.97 Å². The van der Waals surface area contributed by atoms with E-state index in [0.29, 0.717) is 0 Å². The van der Waals surface area contributed by atoms with Gasteiger partial charge in [-0.05, 0) is 6.92 Å². The Labute approximate surface area is 123 Å². The minimum atomic E-state index is 0.735. The van der Waals surface area contributed by atoms with Crippen LogP contribution in [0.2, 0.25) is 0 Å². The van der Waals surface area contributed by atoms with Crippen molar-refractivity contribution in [3.05, 3.63) is 30.0 Å². The highest BCUT2D eigenvalue weighted by molar-refractivity contribution is 5.43. The molecule has 0 unspecified atom stereocenters. The maximum atomic E-state index is 5.36. The average Bonchev–Trinajstić information content (AvgIpc) is 3.01. The molecule has 2 aromatic heterocycles. The van der Waals surface area contributed by atoms with E-state index in [-0.39, 0.29) is 0 Å². The van der Waals surface area contributed by atoms with Crippen LogP contribution in [0, 0.1) is 6.92 Å². The predicted molar refractivity (Wildman–Crippen MR) is 80.6 cm³/mol. The highest BCUT2D eigenvalue weighted by atomic mass is 16.5. The molecular weight excluding hydrogens is 268 g/mol. The van der Waals surface area contributed by atoms with Gasteiger partial charge in [0.15, 0.2) is 0 Å². The van der Waals surface area contributed by atoms with Crippen molar-refractivity contribution in [3.8, 4) is 0 Å². The summed E-state index contributed by atoms with van der Waals surface area (Å²) in [5.41, 5.74) is 0.965. The second-order valence-electron chi connectivity index (χ2n) is 5.01. The van der Waals surface area contributed by atoms with E-state index in [1.54, 1.807) is 6.20 Å². The number of aromatic amines is 1. The second-order valence-corrected chi connectivity index (χ2v) is 5.01. The molecule has 0 atom stereocenters. The molecule has 112 valence electrons. The number of anilines is 2. The summed E-state index contributed by atoms with van der Waals surface area (Å²) in [6.45, 7) is 5.93. The number of morpholine rings is 1. The molecular formula is C14H20N6O. The van der Waals surface area contributed by atoms with E-state index in [2.05, 4.69) is 30.2 Å². The molecule has 1 fully saturated rings. The Hall–Kier alpha value is -2.15. The minimum Gasteiger partial charge on any atom is -0.378 e. The number of rotatable bonds is 5. The van der Waals surface area contributed by atoms with Gasteiger partial charge in [0, 0.05) is 50.2 Å². The first-order chi connectivity index (χ1) is 10.3. The Bertz CT molecular complexity index is 565. The molecule has 3 rings (SSSR count). The topological polar surface area (TPSA) is 79.0 Å². The van der Waals surface area contributed by atoms with Gasteiger partial charge in [-0.3, -0.25) is 0 Å². The summed E-state index contributed by atoms with van der Waals surface area (Å²) >= 11 is 0. The Balaban J connectivity index is 1.63. The molecule has 0 bridgehead atoms. The molecule has 21 heavy (non-hydrogen) atoms. The van der Waals surface area contributed by atoms with E-state index in [1.807, 2.05) is 19.2 Å². The van der Waals surface area contributed by atoms with Gasteiger partial charge in [-0.2, -0.15) is 4.98 Å². The summed E-state index contributed by atoms with van der Waals surface area (Å²) in [5.74, 6) is 2.61. The van der Waals surface area contributed by atoms with Gasteiger partial charge in [0.1, 0.15) is 11.6 Å². The summed E-state index contributed by atoms with van der Waals surface area (Å²) in [6, 6.07) is 1.96. The van der Waals surface area contributed by atoms with Crippen LogP contribution in [0.4, 0.5) is 11.8 Å². The van der Waals surface area contributed by atoms with Gasteiger partial charge >= 0.3 is 0 Å². The van der Waals surface area contributed by atoms with Crippen molar-refractivity contribution in [3.63, 3.8) is 0 Å². The van der Waals surface area contributed by atoms with Crippen molar-refractivity contribution in [1.29, 1.82) is 0 Å². The summed E-state index contributed by atoms with van der Waals surface area (Å²) in [5, 5.41) is 3.33. The summed E-state index contributed by atoms with van der Waals surface area (Å²) in [4.78, 5) is 18.6. The van der Waals surface area contributed by atoms with Crippen LogP contribution in [0.3, 0.4) is 0 Å². The molecule has 1 saturated heterocycles. The first-order valence-electron chi connectivity index (χ1n) is 7.22. The standard InChI is InChI=1S/C14H20N6O/c1-11-10-13(15-3-2-12-16-4-5-17-12)19-14(18-11)20-6-8-21-9-7-20/h4-5,10H,2-3,6-9H2,1H3,(H,16,17)(H,15,18,19). The van der Waals surface area contributed by atoms with E-state index in [4.69, 9.17) is 4.74 Å². The van der Waals surface area contributed by atoms with E-state index in [1.165, 1.54) is 0 Å². The average molecular weight is 288 g/mol. The second kappa shape index (κ2) is 6.53. The van der Waals surface area contributed by atoms with Crippen LogP contribution in [-0.2, 0) is 11.2 Å². The lowest BCUT2D eigenvalue weighted by atomic mass is 10.3. The SMILES string of the molecule is Cc1cc(NCCc2ncc[nH]2)nc(N2CCOCC2)n1. The Morgan fingerprint density at radius 3 is 2.95 bits per heavy atom. The van der Waals surface area contributed by atoms with Gasteiger partial charge in [0.05, 0.1) is 13.2 Å². The molecule has 7 heteroatoms. The van der Waals surface area contributed by atoms with Crippen molar-refractivity contribution in [2.45, 2.75) is 13.3 Å². The van der Waals surface area contributed by atoms with Crippen LogP contribution in [0.1, 0.15) is 11.5 Å². The van der Waals surface area contributed by atoms with Crippen LogP contribution in [0.25, 0.3) is 0 Å². The summed E-state index contributed by atoms with van der Waals surface area (Å²) in [6.07, 6.45) is 4.43. The van der Waals surface area contributed by atoms with Crippen molar-refractivity contribution >= 4 is 11.8 Å². The molecule has 1 aliphatic heterocycles. The van der Waals surface area contributed by atoms with Gasteiger partial charge < -0.3 is 19.9 Å². The van der Waals surface area contributed by atoms with Crippen LogP contribution in [0.15, 0.2) is 18.5 Å². The normalized spacial score (nSPS) is 15.2. The Morgan fingerprint density at radius 1 is 1.33 bits per heavy atom. The Kier molecular flexibility index (Phi) is 4.30. The fourth-order valence-corrected chi connectivity index (χ4v) is 2.29. The highest BCUT2D eigenvalue weighted by Crippen LogP contribution is 2.15. The lowest BCUT2D eigenvalue weighted by molar-refractivity contribution is 0.122. The number of hydrogen-bond donors (Lipinski definition) is 2. The molecule has 7 nitrogen and oxygen atoms in total. The predicted octanol–water partition coefficient (Wildman–Crippen LogP) is 0.999. The van der Waals surface area contributed by atoms with Crippen molar-refractivity contribution in [1.82, 2.24) is 19.9 Å². The van der Waals surface area contributed by atoms with E-state index >= 15 is 0 Å². The maximum Gasteiger partial charge on any atom is 0.227 e. The van der Waals surface area contributed by atoms with Crippen LogP contribution < -0.4 is 10.2 Å². The first-order valence-corrected chi connectivity index (χ1v) is 7.22. The summed E-state index contributed by atoms with van der Waals surface area (Å²) in [7, 11) is 0. The number of nitrogens with one attached hydrogen (secondary N) is 2. The number of nitrogens with zero attached hydrogens (tertiary/aromatic N) is 4. The quantitative estimate of drug-likeness (QED) is 0.854. The molecule has 2 N–H and O–H groups in total. The van der Waals surface area contributed by atoms with Crippen molar-refractivity contribution in [2.75, 3.05) is 43.1 Å². The number of aromatic nitrogens is 4. The lowest BCUT2D eigenvalue weighted by Crippen LogP contribution is -2.37. The number of hydrogen-bond acceptors (Lipinski definition) is 6. The Morgan fingerprint density at radius 2 is 2.19 bits per heavy atom. The van der Waals surface area contributed by atoms with Crippen molar-refractivity contribution < 1.29 is 4.74 Å². The smallest absolute Gasteiger partial charge is 0.227 e. The molecule has 3 heterocycles. The van der Waals surface area contributed by atoms with Gasteiger partial charge in [-0.1, -0.05) is 0 Å². The number of imidazole rings is 1. The summed E-state index contributed by atoms with van der Waals surface area (Å²) < 4.78 is 5.36. The molecule has 1 aliphatic rings. The van der Waals surface area contributed by atoms with E-state index in [9.17, 15) is 0 Å². The van der Waals surface area contributed by atoms with Crippen molar-refractivity contribution in [2.24, 2.45) is 0 Å². The zero-order chi connectivity index (χ0) is 14.5. The highest BCUT2D eigenvalue weighted by Gasteiger charge is 2.14. The molecule has 0 saturated carbocycles. The molecule has 0 aromatic carbocycles. The fourth-order valence-electron chi connectivity index (χ4n) is 2.29. The number of ether oxygens (including phenoxy) is 1. The zero-order valence-corrected chi connectivity index (χ0v) is 12.2. The fraction of sp³-hybridized carbons (Fsp3) is 0.500. The first kappa shape index (κ1) is 13.8. The number of aryl methyl sites for hydroxylation is 1. The molecule has 2 aromatic rings. The minimum absolute atomic E-state index is 0.735. The molecule has 0 radical (unpaired) electrons. The maximum absolute atomic E-state index is 5.36. The third kappa shape index (κ3) is 3.69. The largest absolute Gasteiger partial charge is 0.378 e. The van der Waals surface area contributed by atoms with Crippen LogP contribution in [-0.4, -0.2) is 52.8 Å². The molecule has 0 aliphatic carbocycles.